The lowest BCUT2D eigenvalue weighted by atomic mass is 10.1. The minimum atomic E-state index is -1.10. The zero-order valence-corrected chi connectivity index (χ0v) is 7.01. The van der Waals surface area contributed by atoms with Crippen molar-refractivity contribution in [1.82, 2.24) is 0 Å². The lowest BCUT2D eigenvalue weighted by Gasteiger charge is -1.92. The largest absolute Gasteiger partial charge is 0.378 e. The maximum absolute atomic E-state index is 9.89. The Kier molecular flexibility index (Phi) is 6.79. The van der Waals surface area contributed by atoms with Crippen LogP contribution in [0.5, 0.6) is 0 Å². The fourth-order valence-electron chi connectivity index (χ4n) is 0.869. The fraction of sp³-hybridized carbons (Fsp3) is 0.667. The molecule has 0 aliphatic heterocycles. The van der Waals surface area contributed by atoms with Crippen molar-refractivity contribution in [2.45, 2.75) is 39.0 Å². The molecule has 1 radical (unpaired) electrons. The molecule has 0 aromatic carbocycles. The molecule has 0 saturated heterocycles. The minimum Gasteiger partial charge on any atom is -0.242 e. The van der Waals surface area contributed by atoms with Gasteiger partial charge < -0.3 is 0 Å². The fourth-order valence-corrected chi connectivity index (χ4v) is 0.869. The third kappa shape index (κ3) is 9.21. The maximum atomic E-state index is 9.89. The molecular weight excluding hydrogens is 140 g/mol. The first-order valence-corrected chi connectivity index (χ1v) is 4.15. The van der Waals surface area contributed by atoms with Crippen molar-refractivity contribution in [3.8, 4) is 0 Å². The molecule has 0 rings (SSSR count). The van der Waals surface area contributed by atoms with Gasteiger partial charge in [-0.05, 0) is 12.8 Å². The molecule has 0 aliphatic rings. The topological polar surface area (TPSA) is 37.0 Å². The van der Waals surface area contributed by atoms with Gasteiger partial charge in [0.05, 0.1) is 0 Å². The first-order valence-electron chi connectivity index (χ1n) is 4.15. The minimum absolute atomic E-state index is 0.855. The van der Waals surface area contributed by atoms with Crippen molar-refractivity contribution in [2.24, 2.45) is 0 Å². The van der Waals surface area contributed by atoms with E-state index in [2.05, 4.69) is 6.92 Å². The van der Waals surface area contributed by atoms with Crippen LogP contribution in [-0.2, 0) is 9.90 Å². The van der Waals surface area contributed by atoms with E-state index >= 15 is 0 Å². The molecule has 0 aromatic rings. The highest BCUT2D eigenvalue weighted by Crippen LogP contribution is 2.02. The van der Waals surface area contributed by atoms with E-state index < -0.39 is 5.97 Å². The molecule has 0 spiro atoms. The molecule has 63 valence electrons. The van der Waals surface area contributed by atoms with Gasteiger partial charge in [-0.1, -0.05) is 32.3 Å². The van der Waals surface area contributed by atoms with Crippen molar-refractivity contribution < 1.29 is 9.90 Å². The number of hydrogen-bond donors (Lipinski definition) is 0. The normalized spacial score (nSPS) is 10.6. The molecule has 2 heteroatoms. The zero-order chi connectivity index (χ0) is 8.53. The average molecular weight is 155 g/mol. The number of rotatable bonds is 6. The van der Waals surface area contributed by atoms with Crippen LogP contribution in [0, 0.1) is 0 Å². The second-order valence-corrected chi connectivity index (χ2v) is 2.57. The van der Waals surface area contributed by atoms with Crippen LogP contribution < -0.4 is 0 Å². The molecule has 0 unspecified atom stereocenters. The molecule has 11 heavy (non-hydrogen) atoms. The Balaban J connectivity index is 3.07. The maximum Gasteiger partial charge on any atom is 0.378 e. The number of carbonyl (C=O) groups excluding carboxylic acids is 1. The molecular formula is C9H15O2. The van der Waals surface area contributed by atoms with Gasteiger partial charge in [-0.15, -0.1) is 0 Å². The van der Waals surface area contributed by atoms with Crippen molar-refractivity contribution in [2.75, 3.05) is 0 Å². The van der Waals surface area contributed by atoms with Crippen LogP contribution in [0.3, 0.4) is 0 Å². The smallest absolute Gasteiger partial charge is 0.242 e. The molecule has 2 nitrogen and oxygen atoms in total. The van der Waals surface area contributed by atoms with Crippen molar-refractivity contribution >= 4 is 5.97 Å². The predicted molar refractivity (Wildman–Crippen MR) is 43.6 cm³/mol. The first-order chi connectivity index (χ1) is 5.27. The van der Waals surface area contributed by atoms with E-state index in [4.69, 9.17) is 0 Å². The number of allylic oxidation sites excluding steroid dienone is 1. The van der Waals surface area contributed by atoms with Gasteiger partial charge >= 0.3 is 5.97 Å². The third-order valence-electron chi connectivity index (χ3n) is 1.48. The first kappa shape index (κ1) is 10.2. The Morgan fingerprint density at radius 3 is 2.55 bits per heavy atom. The predicted octanol–water partition coefficient (Wildman–Crippen LogP) is 2.47. The summed E-state index contributed by atoms with van der Waals surface area (Å²) in [6.07, 6.45) is 8.33. The quantitative estimate of drug-likeness (QED) is 0.429. The lowest BCUT2D eigenvalue weighted by Crippen LogP contribution is -1.82. The molecule has 0 saturated carbocycles. The van der Waals surface area contributed by atoms with Gasteiger partial charge in [0.1, 0.15) is 0 Å². The van der Waals surface area contributed by atoms with E-state index in [9.17, 15) is 9.90 Å². The van der Waals surface area contributed by atoms with Crippen molar-refractivity contribution in [3.63, 3.8) is 0 Å². The highest BCUT2D eigenvalue weighted by molar-refractivity contribution is 5.79. The summed E-state index contributed by atoms with van der Waals surface area (Å²) in [5.74, 6) is -1.10. The van der Waals surface area contributed by atoms with Gasteiger partial charge in [0.25, 0.3) is 0 Å². The highest BCUT2D eigenvalue weighted by atomic mass is 16.4. The van der Waals surface area contributed by atoms with Crippen LogP contribution >= 0.6 is 0 Å². The van der Waals surface area contributed by atoms with Gasteiger partial charge in [-0.2, -0.15) is 0 Å². The van der Waals surface area contributed by atoms with Crippen molar-refractivity contribution in [1.29, 1.82) is 0 Å². The van der Waals surface area contributed by atoms with Crippen LogP contribution in [0.1, 0.15) is 39.0 Å². The van der Waals surface area contributed by atoms with Crippen LogP contribution in [-0.4, -0.2) is 5.97 Å². The molecule has 0 aliphatic carbocycles. The van der Waals surface area contributed by atoms with E-state index in [0.717, 1.165) is 18.9 Å². The van der Waals surface area contributed by atoms with Crippen LogP contribution in [0.25, 0.3) is 0 Å². The SMILES string of the molecule is CCCCCCC=CC([O])=O. The van der Waals surface area contributed by atoms with E-state index in [-0.39, 0.29) is 0 Å². The monoisotopic (exact) mass is 155 g/mol. The van der Waals surface area contributed by atoms with Crippen molar-refractivity contribution in [3.05, 3.63) is 12.2 Å². The summed E-state index contributed by atoms with van der Waals surface area (Å²) in [6, 6.07) is 0. The Morgan fingerprint density at radius 1 is 1.27 bits per heavy atom. The summed E-state index contributed by atoms with van der Waals surface area (Å²) in [4.78, 5) is 9.89. The van der Waals surface area contributed by atoms with Crippen LogP contribution in [0.2, 0.25) is 0 Å². The van der Waals surface area contributed by atoms with Gasteiger partial charge in [0.2, 0.25) is 0 Å². The lowest BCUT2D eigenvalue weighted by molar-refractivity contribution is -0.137. The Morgan fingerprint density at radius 2 is 2.00 bits per heavy atom. The summed E-state index contributed by atoms with van der Waals surface area (Å²) in [5.41, 5.74) is 0. The van der Waals surface area contributed by atoms with E-state index in [0.29, 0.717) is 0 Å². The molecule has 0 heterocycles. The molecule has 0 amide bonds. The van der Waals surface area contributed by atoms with E-state index in [1.165, 1.54) is 19.3 Å². The summed E-state index contributed by atoms with van der Waals surface area (Å²) in [7, 11) is 0. The Hall–Kier alpha value is -0.790. The second-order valence-electron chi connectivity index (χ2n) is 2.57. The molecule has 0 aromatic heterocycles. The summed E-state index contributed by atoms with van der Waals surface area (Å²) in [6.45, 7) is 2.15. The van der Waals surface area contributed by atoms with Crippen LogP contribution in [0.4, 0.5) is 0 Å². The molecule has 0 fully saturated rings. The Bertz CT molecular complexity index is 128. The van der Waals surface area contributed by atoms with E-state index in [1.54, 1.807) is 6.08 Å². The molecule has 0 atom stereocenters. The number of carbonyl (C=O) groups is 1. The number of unbranched alkanes of at least 4 members (excludes halogenated alkanes) is 4. The van der Waals surface area contributed by atoms with Crippen LogP contribution in [0.15, 0.2) is 12.2 Å². The summed E-state index contributed by atoms with van der Waals surface area (Å²) in [5, 5.41) is 9.89. The van der Waals surface area contributed by atoms with E-state index in [1.807, 2.05) is 0 Å². The van der Waals surface area contributed by atoms with Gasteiger partial charge in [-0.3, -0.25) is 0 Å². The standard InChI is InChI=1S/C9H15O2/c1-2-3-4-5-6-7-8-9(10)11/h7-8H,2-6H2,1H3. The average Bonchev–Trinajstić information content (AvgIpc) is 1.96. The summed E-state index contributed by atoms with van der Waals surface area (Å²) < 4.78 is 0. The molecule has 0 N–H and O–H groups in total. The number of hydrogen-bond acceptors (Lipinski definition) is 1. The highest BCUT2D eigenvalue weighted by Gasteiger charge is 1.88. The van der Waals surface area contributed by atoms with Gasteiger partial charge in [0, 0.05) is 6.08 Å². The molecule has 0 bridgehead atoms. The summed E-state index contributed by atoms with van der Waals surface area (Å²) >= 11 is 0. The second kappa shape index (κ2) is 7.32. The zero-order valence-electron chi connectivity index (χ0n) is 7.01. The Labute approximate surface area is 67.9 Å². The van der Waals surface area contributed by atoms with Gasteiger partial charge in [0.15, 0.2) is 0 Å². The third-order valence-corrected chi connectivity index (χ3v) is 1.48. The van der Waals surface area contributed by atoms with Gasteiger partial charge in [-0.25, -0.2) is 9.90 Å².